The van der Waals surface area contributed by atoms with E-state index in [4.69, 9.17) is 4.74 Å². The van der Waals surface area contributed by atoms with Gasteiger partial charge in [0.1, 0.15) is 0 Å². The predicted octanol–water partition coefficient (Wildman–Crippen LogP) is 0.296. The highest BCUT2D eigenvalue weighted by atomic mass is 16.5. The fraction of sp³-hybridized carbons (Fsp3) is 0.667. The summed E-state index contributed by atoms with van der Waals surface area (Å²) in [4.78, 5) is 22.8. The van der Waals surface area contributed by atoms with Crippen molar-refractivity contribution in [2.24, 2.45) is 0 Å². The summed E-state index contributed by atoms with van der Waals surface area (Å²) < 4.78 is 6.40. The molecule has 1 unspecified atom stereocenters. The average molecular weight is 266 g/mol. The summed E-state index contributed by atoms with van der Waals surface area (Å²) in [6, 6.07) is 0.0651. The Hall–Kier alpha value is -1.92. The van der Waals surface area contributed by atoms with Crippen LogP contribution in [-0.4, -0.2) is 40.0 Å². The first kappa shape index (κ1) is 13.5. The van der Waals surface area contributed by atoms with Crippen molar-refractivity contribution in [3.8, 4) is 0 Å². The van der Waals surface area contributed by atoms with E-state index in [1.165, 1.54) is 7.11 Å². The van der Waals surface area contributed by atoms with Gasteiger partial charge >= 0.3 is 5.97 Å². The van der Waals surface area contributed by atoms with Gasteiger partial charge in [-0.1, -0.05) is 18.6 Å². The van der Waals surface area contributed by atoms with Crippen LogP contribution in [0.5, 0.6) is 0 Å². The van der Waals surface area contributed by atoms with Crippen LogP contribution >= 0.6 is 0 Å². The average Bonchev–Trinajstić information content (AvgIpc) is 2.97. The van der Waals surface area contributed by atoms with Gasteiger partial charge in [0.15, 0.2) is 5.69 Å². The number of hydrogen-bond acceptors (Lipinski definition) is 5. The van der Waals surface area contributed by atoms with Crippen LogP contribution < -0.4 is 5.32 Å². The quantitative estimate of drug-likeness (QED) is 0.774. The number of amides is 1. The number of nitrogens with one attached hydrogen (secondary N) is 1. The normalized spacial score (nSPS) is 18.4. The van der Waals surface area contributed by atoms with Crippen LogP contribution in [0, 0.1) is 0 Å². The Labute approximate surface area is 111 Å². The molecule has 1 aromatic heterocycles. The first-order valence-electron chi connectivity index (χ1n) is 6.45. The highest BCUT2D eigenvalue weighted by molar-refractivity contribution is 5.88. The van der Waals surface area contributed by atoms with Crippen molar-refractivity contribution in [2.45, 2.75) is 45.2 Å². The fourth-order valence-electron chi connectivity index (χ4n) is 2.24. The first-order valence-corrected chi connectivity index (χ1v) is 6.45. The minimum Gasteiger partial charge on any atom is -0.464 e. The molecule has 1 aliphatic heterocycles. The van der Waals surface area contributed by atoms with E-state index in [2.05, 4.69) is 15.6 Å². The van der Waals surface area contributed by atoms with Crippen LogP contribution in [0.1, 0.15) is 42.4 Å². The second-order valence-corrected chi connectivity index (χ2v) is 4.61. The Morgan fingerprint density at radius 2 is 2.37 bits per heavy atom. The highest BCUT2D eigenvalue weighted by Crippen LogP contribution is 2.14. The van der Waals surface area contributed by atoms with Crippen molar-refractivity contribution in [1.29, 1.82) is 0 Å². The Bertz CT molecular complexity index is 483. The third-order valence-corrected chi connectivity index (χ3v) is 3.18. The molecule has 1 aromatic rings. The van der Waals surface area contributed by atoms with E-state index in [1.807, 2.05) is 6.92 Å². The molecule has 1 saturated heterocycles. The van der Waals surface area contributed by atoms with Gasteiger partial charge in [0.25, 0.3) is 0 Å². The van der Waals surface area contributed by atoms with Crippen LogP contribution in [0.4, 0.5) is 0 Å². The van der Waals surface area contributed by atoms with Gasteiger partial charge in [-0.2, -0.15) is 0 Å². The predicted molar refractivity (Wildman–Crippen MR) is 66.5 cm³/mol. The zero-order valence-corrected chi connectivity index (χ0v) is 11.2. The summed E-state index contributed by atoms with van der Waals surface area (Å²) >= 11 is 0. The van der Waals surface area contributed by atoms with Gasteiger partial charge in [0.05, 0.1) is 19.3 Å². The Morgan fingerprint density at radius 3 is 2.95 bits per heavy atom. The topological polar surface area (TPSA) is 86.1 Å². The zero-order valence-electron chi connectivity index (χ0n) is 11.2. The minimum absolute atomic E-state index is 0.0651. The van der Waals surface area contributed by atoms with Crippen LogP contribution in [0.25, 0.3) is 0 Å². The van der Waals surface area contributed by atoms with Gasteiger partial charge in [0.2, 0.25) is 5.91 Å². The number of carbonyl (C=O) groups excluding carboxylic acids is 2. The number of aromatic nitrogens is 3. The zero-order chi connectivity index (χ0) is 13.8. The molecule has 0 aromatic carbocycles. The molecule has 19 heavy (non-hydrogen) atoms. The maximum Gasteiger partial charge on any atom is 0.360 e. The molecule has 0 saturated carbocycles. The summed E-state index contributed by atoms with van der Waals surface area (Å²) in [5.74, 6) is -0.402. The first-order chi connectivity index (χ1) is 9.15. The highest BCUT2D eigenvalue weighted by Gasteiger charge is 2.25. The standard InChI is InChI=1S/C12H18N4O3/c1-3-4-9-11(12(18)19-2)14-15-16(9)7-8-5-6-10(17)13-8/h8H,3-7H2,1-2H3,(H,13,17). The Balaban J connectivity index is 2.17. The molecule has 0 bridgehead atoms. The van der Waals surface area contributed by atoms with E-state index in [1.54, 1.807) is 4.68 Å². The Morgan fingerprint density at radius 1 is 1.58 bits per heavy atom. The molecule has 1 aliphatic rings. The monoisotopic (exact) mass is 266 g/mol. The number of esters is 1. The van der Waals surface area contributed by atoms with E-state index in [9.17, 15) is 9.59 Å². The molecule has 104 valence electrons. The number of nitrogens with zero attached hydrogens (tertiary/aromatic N) is 3. The van der Waals surface area contributed by atoms with E-state index < -0.39 is 5.97 Å². The van der Waals surface area contributed by atoms with Gasteiger partial charge in [-0.15, -0.1) is 5.10 Å². The second kappa shape index (κ2) is 5.81. The molecule has 7 nitrogen and oxygen atoms in total. The summed E-state index contributed by atoms with van der Waals surface area (Å²) in [6.45, 7) is 2.57. The lowest BCUT2D eigenvalue weighted by atomic mass is 10.2. The van der Waals surface area contributed by atoms with Crippen molar-refractivity contribution in [3.63, 3.8) is 0 Å². The largest absolute Gasteiger partial charge is 0.464 e. The Kier molecular flexibility index (Phi) is 4.13. The number of hydrogen-bond donors (Lipinski definition) is 1. The van der Waals surface area contributed by atoms with Crippen molar-refractivity contribution in [3.05, 3.63) is 11.4 Å². The lowest BCUT2D eigenvalue weighted by Crippen LogP contribution is -2.30. The number of methoxy groups -OCH3 is 1. The van der Waals surface area contributed by atoms with Crippen LogP contribution in [0.15, 0.2) is 0 Å². The van der Waals surface area contributed by atoms with Gasteiger partial charge in [-0.25, -0.2) is 9.48 Å². The summed E-state index contributed by atoms with van der Waals surface area (Å²) in [7, 11) is 1.33. The minimum atomic E-state index is -0.467. The number of carbonyl (C=O) groups is 2. The van der Waals surface area contributed by atoms with Gasteiger partial charge in [-0.3, -0.25) is 4.79 Å². The smallest absolute Gasteiger partial charge is 0.360 e. The second-order valence-electron chi connectivity index (χ2n) is 4.61. The molecule has 7 heteroatoms. The summed E-state index contributed by atoms with van der Waals surface area (Å²) in [5.41, 5.74) is 1.05. The molecule has 1 amide bonds. The maximum absolute atomic E-state index is 11.6. The molecular formula is C12H18N4O3. The van der Waals surface area contributed by atoms with Crippen LogP contribution in [0.3, 0.4) is 0 Å². The molecule has 2 rings (SSSR count). The lowest BCUT2D eigenvalue weighted by Gasteiger charge is -2.12. The van der Waals surface area contributed by atoms with Gasteiger partial charge in [-0.05, 0) is 12.8 Å². The number of ether oxygens (including phenoxy) is 1. The van der Waals surface area contributed by atoms with Crippen LogP contribution in [0.2, 0.25) is 0 Å². The molecule has 1 atom stereocenters. The maximum atomic E-state index is 11.6. The van der Waals surface area contributed by atoms with E-state index in [-0.39, 0.29) is 17.6 Å². The third-order valence-electron chi connectivity index (χ3n) is 3.18. The molecule has 0 spiro atoms. The van der Waals surface area contributed by atoms with E-state index in [0.717, 1.165) is 18.5 Å². The van der Waals surface area contributed by atoms with Gasteiger partial charge < -0.3 is 10.1 Å². The molecule has 2 heterocycles. The third kappa shape index (κ3) is 2.91. The number of rotatable bonds is 5. The molecule has 1 N–H and O–H groups in total. The SMILES string of the molecule is CCCc1c(C(=O)OC)nnn1CC1CCC(=O)N1. The summed E-state index contributed by atoms with van der Waals surface area (Å²) in [6.07, 6.45) is 2.93. The van der Waals surface area contributed by atoms with E-state index >= 15 is 0 Å². The lowest BCUT2D eigenvalue weighted by molar-refractivity contribution is -0.119. The van der Waals surface area contributed by atoms with E-state index in [0.29, 0.717) is 19.4 Å². The summed E-state index contributed by atoms with van der Waals surface area (Å²) in [5, 5.41) is 10.8. The van der Waals surface area contributed by atoms with Gasteiger partial charge in [0, 0.05) is 12.5 Å². The molecular weight excluding hydrogens is 248 g/mol. The van der Waals surface area contributed by atoms with Crippen molar-refractivity contribution >= 4 is 11.9 Å². The van der Waals surface area contributed by atoms with Crippen molar-refractivity contribution < 1.29 is 14.3 Å². The van der Waals surface area contributed by atoms with Crippen molar-refractivity contribution in [2.75, 3.05) is 7.11 Å². The molecule has 0 radical (unpaired) electrons. The van der Waals surface area contributed by atoms with Crippen LogP contribution in [-0.2, 0) is 22.5 Å². The fourth-order valence-corrected chi connectivity index (χ4v) is 2.24. The molecule has 1 fully saturated rings. The molecule has 0 aliphatic carbocycles. The van der Waals surface area contributed by atoms with Crippen molar-refractivity contribution in [1.82, 2.24) is 20.3 Å².